The van der Waals surface area contributed by atoms with E-state index in [-0.39, 0.29) is 10.8 Å². The van der Waals surface area contributed by atoms with Crippen LogP contribution < -0.4 is 0 Å². The third kappa shape index (κ3) is 4.66. The molecule has 12 aromatic carbocycles. The van der Waals surface area contributed by atoms with Gasteiger partial charge >= 0.3 is 0 Å². The minimum absolute atomic E-state index is 0.359. The highest BCUT2D eigenvalue weighted by Gasteiger charge is 2.36. The molecule has 0 atom stereocenters. The number of benzene rings is 12. The van der Waals surface area contributed by atoms with E-state index in [1.54, 1.807) is 0 Å². The summed E-state index contributed by atoms with van der Waals surface area (Å²) in [5.41, 5.74) is -17.2. The average molecular weight is 784 g/mol. The molecule has 0 aromatic heterocycles. The van der Waals surface area contributed by atoms with Crippen LogP contribution in [0.1, 0.15) is 75.5 Å². The fraction of sp³-hybridized carbons (Fsp3) is 0.0508. The quantitative estimate of drug-likeness (QED) is 0.156. The molecule has 0 radical (unpaired) electrons. The second kappa shape index (κ2) is 11.9. The molecular weight excluding hydrogens is 709 g/mol. The van der Waals surface area contributed by atoms with Crippen molar-refractivity contribution in [2.75, 3.05) is 0 Å². The first-order chi connectivity index (χ1) is 44.5. The van der Waals surface area contributed by atoms with Gasteiger partial charge in [0, 0.05) is 13.6 Å². The lowest BCUT2D eigenvalue weighted by atomic mass is 9.80. The highest BCUT2D eigenvalue weighted by molar-refractivity contribution is 6.27. The van der Waals surface area contributed by atoms with E-state index in [1.165, 1.54) is 0 Å². The molecule has 0 fully saturated rings. The normalized spacial score (nSPS) is 22.7. The molecule has 1 aliphatic rings. The Morgan fingerprint density at radius 1 is 0.322 bits per heavy atom. The van der Waals surface area contributed by atoms with Crippen molar-refractivity contribution in [2.45, 2.75) is 19.1 Å². The maximum atomic E-state index is 10.5. The first-order valence-electron chi connectivity index (χ1n) is 36.3. The van der Waals surface area contributed by atoms with Crippen LogP contribution in [-0.4, -0.2) is 0 Å². The fourth-order valence-electron chi connectivity index (χ4n) is 7.95. The Bertz CT molecular complexity index is 5670. The van der Waals surface area contributed by atoms with Gasteiger partial charge in [0.05, 0.1) is 42.5 Å². The van der Waals surface area contributed by atoms with E-state index in [4.69, 9.17) is 19.2 Å². The topological polar surface area (TPSA) is 0 Å². The van der Waals surface area contributed by atoms with E-state index < -0.39 is 327 Å². The molecule has 0 amide bonds. The molecule has 0 spiro atoms. The van der Waals surface area contributed by atoms with E-state index in [1.807, 2.05) is 0 Å². The SMILES string of the molecule is [2H]c1cc2c(-c3c([2H])c(-c4c([2H])c([2H])c5c(c4[2H])C(C([2H])([2H])[2H])(C([2H])([2H])[2H])c4c([2H])c(-c6c([2H])c([2H])c([2H])c([2H])c6[2H])c([2H])c([2H])c4-5)c([2H])c(-c4c([2H])c([2H])c5c([2H])c([2H])c6c([2H])c([2H])c([2H])c7c([2H])c([2H])c4c5c67)c3[2H])c([2H])c3c([2H])c([2H])c([2H])c4c([2H])c([2H])c(c1[2H])c2c34. The van der Waals surface area contributed by atoms with Crippen LogP contribution in [0.2, 0.25) is 0 Å². The molecule has 12 aromatic rings. The summed E-state index contributed by atoms with van der Waals surface area (Å²) in [6.07, 6.45) is 0. The molecule has 274 valence electrons. The Kier molecular flexibility index (Phi) is 2.64. The summed E-state index contributed by atoms with van der Waals surface area (Å²) in [6, 6.07) is -31.4. The van der Waals surface area contributed by atoms with E-state index in [9.17, 15) is 31.5 Å². The summed E-state index contributed by atoms with van der Waals surface area (Å²) < 4.78 is 346. The number of fused-ring (bicyclic) bond motifs is 3. The molecule has 0 aliphatic heterocycles. The van der Waals surface area contributed by atoms with E-state index >= 15 is 0 Å². The van der Waals surface area contributed by atoms with E-state index in [2.05, 4.69) is 0 Å². The Balaban J connectivity index is 1.31. The van der Waals surface area contributed by atoms with Crippen molar-refractivity contribution in [2.24, 2.45) is 0 Å². The molecule has 0 saturated heterocycles. The first kappa shape index (κ1) is 13.1. The summed E-state index contributed by atoms with van der Waals surface area (Å²) in [7, 11) is 0. The molecule has 13 rings (SSSR count). The predicted molar refractivity (Wildman–Crippen MR) is 253 cm³/mol. The summed E-state index contributed by atoms with van der Waals surface area (Å²) in [5, 5.41) is -6.39. The van der Waals surface area contributed by atoms with Crippen LogP contribution in [0.3, 0.4) is 0 Å². The smallest absolute Gasteiger partial charge is 0.0622 e. The van der Waals surface area contributed by atoms with Gasteiger partial charge in [-0.1, -0.05) is 171 Å². The molecular formula is C59H38. The lowest BCUT2D eigenvalue weighted by Gasteiger charge is -2.23. The van der Waals surface area contributed by atoms with Crippen LogP contribution in [0.25, 0.3) is 120 Å². The summed E-state index contributed by atoms with van der Waals surface area (Å²) in [5.74, 6) is 0. The summed E-state index contributed by atoms with van der Waals surface area (Å²) >= 11 is 0. The van der Waals surface area contributed by atoms with Gasteiger partial charge in [0.2, 0.25) is 0 Å². The van der Waals surface area contributed by atoms with E-state index in [0.29, 0.717) is 0 Å². The van der Waals surface area contributed by atoms with Crippen molar-refractivity contribution in [3.63, 3.8) is 0 Å². The summed E-state index contributed by atoms with van der Waals surface area (Å²) in [6.45, 7) is -8.33. The van der Waals surface area contributed by atoms with Crippen molar-refractivity contribution in [3.8, 4) is 55.6 Å². The predicted octanol–water partition coefficient (Wildman–Crippen LogP) is 16.5. The highest BCUT2D eigenvalue weighted by Crippen LogP contribution is 2.51. The van der Waals surface area contributed by atoms with Gasteiger partial charge in [-0.15, -0.1) is 0 Å². The molecule has 0 nitrogen and oxygen atoms in total. The molecule has 0 unspecified atom stereocenters. The number of hydrogen-bond acceptors (Lipinski definition) is 0. The monoisotopic (exact) mass is 784 g/mol. The highest BCUT2D eigenvalue weighted by atomic mass is 14.4. The average Bonchev–Trinajstić information content (AvgIpc) is 1.39. The zero-order valence-electron chi connectivity index (χ0n) is 66.6. The van der Waals surface area contributed by atoms with Gasteiger partial charge in [0.25, 0.3) is 0 Å². The number of hydrogen-bond donors (Lipinski definition) is 0. The van der Waals surface area contributed by atoms with Crippen LogP contribution in [0.4, 0.5) is 0 Å². The lowest BCUT2D eigenvalue weighted by Crippen LogP contribution is -2.15. The third-order valence-corrected chi connectivity index (χ3v) is 10.6. The lowest BCUT2D eigenvalue weighted by molar-refractivity contribution is 0.661. The standard InChI is InChI=1S/C59H38/c1-59(2)53-33-41(35-9-4-3-5-10-35)23-26-48(53)49-27-24-42(34-54(49)59)44-29-45(47-25-21-40-20-18-36-11-6-12-38-22-28-51(47)58(40)55(36)38)31-46(30-44)52-32-43-15-7-13-37-17-19-39-14-8-16-50(52)57(39)56(37)43/h3-34H,1-2H3/i1D3,2D3,3D,4D,5D,6D,7D,8D,9D,10D,11D,12D,13D,14D,15D,17D,18D,19D,20D,21D,22D,23D,24D,25D,26D,27D,28D,29D,30D,31D,32D,33D,34D. The van der Waals surface area contributed by atoms with E-state index in [0.717, 1.165) is 6.07 Å². The van der Waals surface area contributed by atoms with Crippen molar-refractivity contribution in [1.82, 2.24) is 0 Å². The van der Waals surface area contributed by atoms with Crippen LogP contribution in [-0.2, 0) is 5.41 Å². The van der Waals surface area contributed by atoms with Crippen molar-refractivity contribution in [1.29, 1.82) is 0 Å². The van der Waals surface area contributed by atoms with Crippen molar-refractivity contribution >= 4 is 64.6 Å². The maximum Gasteiger partial charge on any atom is 0.0636 e. The van der Waals surface area contributed by atoms with Crippen molar-refractivity contribution < 1.29 is 50.7 Å². The Hall–Kier alpha value is -7.28. The van der Waals surface area contributed by atoms with Gasteiger partial charge in [-0.3, -0.25) is 0 Å². The van der Waals surface area contributed by atoms with Gasteiger partial charge in [0.1, 0.15) is 0 Å². The first-order valence-corrected chi connectivity index (χ1v) is 17.8. The largest absolute Gasteiger partial charge is 0.0636 e. The molecule has 0 heterocycles. The minimum Gasteiger partial charge on any atom is -0.0622 e. The fourth-order valence-corrected chi connectivity index (χ4v) is 7.95. The van der Waals surface area contributed by atoms with Gasteiger partial charge in [0.15, 0.2) is 0 Å². The molecule has 0 saturated carbocycles. The van der Waals surface area contributed by atoms with Crippen LogP contribution in [0.15, 0.2) is 193 Å². The summed E-state index contributed by atoms with van der Waals surface area (Å²) in [4.78, 5) is 0. The Labute approximate surface area is 395 Å². The van der Waals surface area contributed by atoms with Crippen molar-refractivity contribution in [3.05, 3.63) is 205 Å². The van der Waals surface area contributed by atoms with Gasteiger partial charge in [-0.25, -0.2) is 0 Å². The van der Waals surface area contributed by atoms with Crippen LogP contribution >= 0.6 is 0 Å². The molecule has 0 heteroatoms. The molecule has 59 heavy (non-hydrogen) atoms. The Morgan fingerprint density at radius 2 is 0.831 bits per heavy atom. The number of rotatable bonds is 4. The zero-order valence-corrected chi connectivity index (χ0v) is 29.6. The van der Waals surface area contributed by atoms with Crippen LogP contribution in [0, 0.1) is 0 Å². The second-order valence-corrected chi connectivity index (χ2v) is 13.8. The molecule has 1 aliphatic carbocycles. The Morgan fingerprint density at radius 3 is 1.53 bits per heavy atom. The zero-order chi connectivity index (χ0) is 71.0. The minimum atomic E-state index is -4.16. The third-order valence-electron chi connectivity index (χ3n) is 10.6. The second-order valence-electron chi connectivity index (χ2n) is 13.8. The van der Waals surface area contributed by atoms with Gasteiger partial charge in [-0.05, 0) is 168 Å². The van der Waals surface area contributed by atoms with Crippen LogP contribution in [0.5, 0.6) is 0 Å². The maximum absolute atomic E-state index is 10.5. The molecule has 0 bridgehead atoms. The van der Waals surface area contributed by atoms with Gasteiger partial charge in [-0.2, -0.15) is 0 Å². The van der Waals surface area contributed by atoms with Gasteiger partial charge < -0.3 is 0 Å². The molecule has 0 N–H and O–H groups in total.